The van der Waals surface area contributed by atoms with Gasteiger partial charge in [0.15, 0.2) is 0 Å². The lowest BCUT2D eigenvalue weighted by molar-refractivity contribution is -0.166. The van der Waals surface area contributed by atoms with E-state index in [9.17, 15) is 27.6 Å². The van der Waals surface area contributed by atoms with Gasteiger partial charge in [0.2, 0.25) is 11.8 Å². The Kier molecular flexibility index (Phi) is 11.2. The summed E-state index contributed by atoms with van der Waals surface area (Å²) in [7, 11) is 0. The number of rotatable bonds is 11. The summed E-state index contributed by atoms with van der Waals surface area (Å²) in [6, 6.07) is 19.1. The molecule has 342 valence electrons. The topological polar surface area (TPSA) is 182 Å². The number of aryl methyl sites for hydroxylation is 1. The van der Waals surface area contributed by atoms with Crippen LogP contribution < -0.4 is 25.3 Å². The van der Waals surface area contributed by atoms with E-state index in [1.165, 1.54) is 6.33 Å². The number of amides is 4. The van der Waals surface area contributed by atoms with Gasteiger partial charge in [0.25, 0.3) is 11.7 Å². The quantitative estimate of drug-likeness (QED) is 0.122. The zero-order chi connectivity index (χ0) is 45.7. The molecule has 19 heteroatoms. The van der Waals surface area contributed by atoms with Crippen molar-refractivity contribution in [3.8, 4) is 22.5 Å². The molecule has 1 atom stereocenters. The molecular formula is C47H49F3N12O4. The number of carbonyl (C=O) groups excluding carboxylic acids is 3. The van der Waals surface area contributed by atoms with E-state index in [2.05, 4.69) is 74.7 Å². The molecule has 66 heavy (non-hydrogen) atoms. The lowest BCUT2D eigenvalue weighted by Gasteiger charge is -2.39. The van der Waals surface area contributed by atoms with Crippen LogP contribution in [0.25, 0.3) is 33.5 Å². The van der Waals surface area contributed by atoms with E-state index in [0.717, 1.165) is 115 Å². The van der Waals surface area contributed by atoms with Crippen LogP contribution >= 0.6 is 0 Å². The number of hydrogen-bond donors (Lipinski definition) is 3. The summed E-state index contributed by atoms with van der Waals surface area (Å²) < 4.78 is 45.5. The van der Waals surface area contributed by atoms with Crippen molar-refractivity contribution < 1.29 is 32.1 Å². The van der Waals surface area contributed by atoms with E-state index in [1.54, 1.807) is 11.8 Å². The molecule has 10 rings (SSSR count). The predicted molar refractivity (Wildman–Crippen MR) is 240 cm³/mol. The second kappa shape index (κ2) is 17.2. The second-order valence-electron chi connectivity index (χ2n) is 17.8. The minimum Gasteiger partial charge on any atom is -0.372 e. The fourth-order valence-electron chi connectivity index (χ4n) is 9.51. The number of piperazine rings is 1. The first-order chi connectivity index (χ1) is 31.8. The van der Waals surface area contributed by atoms with Crippen molar-refractivity contribution in [1.82, 2.24) is 45.6 Å². The van der Waals surface area contributed by atoms with Crippen molar-refractivity contribution in [1.29, 1.82) is 0 Å². The molecule has 0 unspecified atom stereocenters. The number of urea groups is 1. The summed E-state index contributed by atoms with van der Waals surface area (Å²) in [6.45, 7) is 10.9. The molecular weight excluding hydrogens is 854 g/mol. The van der Waals surface area contributed by atoms with Crippen LogP contribution in [0.1, 0.15) is 72.7 Å². The molecule has 2 aromatic carbocycles. The number of imide groups is 1. The molecule has 4 fully saturated rings. The number of aromatic nitrogens is 6. The maximum atomic E-state index is 13.5. The highest BCUT2D eigenvalue weighted by molar-refractivity contribution is 6.05. The van der Waals surface area contributed by atoms with E-state index in [1.807, 2.05) is 49.5 Å². The van der Waals surface area contributed by atoms with Gasteiger partial charge in [0.1, 0.15) is 23.2 Å². The summed E-state index contributed by atoms with van der Waals surface area (Å²) in [6.07, 6.45) is 1.15. The first kappa shape index (κ1) is 43.0. The first-order valence-electron chi connectivity index (χ1n) is 22.4. The number of carbonyl (C=O) groups is 3. The lowest BCUT2D eigenvalue weighted by atomic mass is 9.95. The number of nitrogens with one attached hydrogen (secondary N) is 3. The predicted octanol–water partition coefficient (Wildman–Crippen LogP) is 6.95. The normalized spacial score (nSPS) is 18.7. The zero-order valence-electron chi connectivity index (χ0n) is 36.6. The van der Waals surface area contributed by atoms with Gasteiger partial charge in [-0.05, 0) is 105 Å². The molecule has 1 saturated carbocycles. The summed E-state index contributed by atoms with van der Waals surface area (Å²) in [5.41, 5.74) is 5.53. The molecule has 7 heterocycles. The number of H-pyrrole nitrogens is 1. The monoisotopic (exact) mass is 902 g/mol. The number of nitrogens with zero attached hydrogens (tertiary/aromatic N) is 9. The summed E-state index contributed by atoms with van der Waals surface area (Å²) in [5, 5.41) is 9.55. The average molecular weight is 903 g/mol. The smallest absolute Gasteiger partial charge is 0.372 e. The molecule has 4 amide bonds. The Morgan fingerprint density at radius 3 is 2.32 bits per heavy atom. The molecule has 0 bridgehead atoms. The largest absolute Gasteiger partial charge is 0.403 e. The van der Waals surface area contributed by atoms with E-state index in [0.29, 0.717) is 24.5 Å². The number of benzene rings is 2. The van der Waals surface area contributed by atoms with Gasteiger partial charge in [-0.3, -0.25) is 24.7 Å². The third-order valence-corrected chi connectivity index (χ3v) is 13.6. The second-order valence-corrected chi connectivity index (χ2v) is 17.8. The fraction of sp³-hybridized carbons (Fsp3) is 0.404. The van der Waals surface area contributed by atoms with Crippen LogP contribution in [0.15, 0.2) is 77.7 Å². The summed E-state index contributed by atoms with van der Waals surface area (Å²) >= 11 is 0. The molecule has 3 saturated heterocycles. The van der Waals surface area contributed by atoms with E-state index in [4.69, 9.17) is 9.51 Å². The van der Waals surface area contributed by atoms with Gasteiger partial charge >= 0.3 is 12.2 Å². The highest BCUT2D eigenvalue weighted by atomic mass is 19.4. The average Bonchev–Trinajstić information content (AvgIpc) is 3.78. The van der Waals surface area contributed by atoms with E-state index >= 15 is 0 Å². The number of alkyl halides is 3. The molecule has 1 aliphatic carbocycles. The van der Waals surface area contributed by atoms with Gasteiger partial charge in [-0.1, -0.05) is 17.3 Å². The maximum Gasteiger partial charge on any atom is 0.403 e. The number of piperidine rings is 1. The lowest BCUT2D eigenvalue weighted by Crippen LogP contribution is -2.49. The molecule has 16 nitrogen and oxygen atoms in total. The summed E-state index contributed by atoms with van der Waals surface area (Å²) in [5.74, 6) is -0.389. The third-order valence-electron chi connectivity index (χ3n) is 13.6. The fourth-order valence-corrected chi connectivity index (χ4v) is 9.51. The standard InChI is InChI=1S/C47H49F3N12O4/c1-28-23-31(3-9-35(28)29(2)54-43(64)42-57-44(66-58-42)46(14-15-46)47(48,49)50)40-36-24-37(55-41(36)53-27-52-40)32-4-10-38(51-25-32)61-21-19-59(20-22-61)26-30-11-16-60(17-12-30)33-5-7-34(8-6-33)62-18-13-39(63)56-45(62)65/h3-10,23-25,27,29-30H,11-22,26H2,1-2H3,(H,54,64)(H,52,53,55)(H,56,63,65)/t29-/m1/s1. The maximum absolute atomic E-state index is 13.5. The van der Waals surface area contributed by atoms with Crippen molar-refractivity contribution in [2.45, 2.75) is 63.6 Å². The van der Waals surface area contributed by atoms with E-state index < -0.39 is 35.3 Å². The molecule has 6 aromatic rings. The van der Waals surface area contributed by atoms with Crippen molar-refractivity contribution >= 4 is 46.1 Å². The van der Waals surface area contributed by atoms with Crippen LogP contribution in [-0.4, -0.2) is 111 Å². The number of aromatic amines is 1. The Balaban J connectivity index is 0.715. The van der Waals surface area contributed by atoms with E-state index in [-0.39, 0.29) is 24.8 Å². The zero-order valence-corrected chi connectivity index (χ0v) is 36.6. The number of fused-ring (bicyclic) bond motifs is 1. The van der Waals surface area contributed by atoms with Gasteiger partial charge in [-0.15, -0.1) is 0 Å². The van der Waals surface area contributed by atoms with Crippen LogP contribution in [0, 0.1) is 12.8 Å². The minimum absolute atomic E-state index is 0.144. The third kappa shape index (κ3) is 8.42. The van der Waals surface area contributed by atoms with Crippen LogP contribution in [0.5, 0.6) is 0 Å². The van der Waals surface area contributed by atoms with Gasteiger partial charge < -0.3 is 24.6 Å². The molecule has 0 radical (unpaired) electrons. The minimum atomic E-state index is -4.53. The Labute approximate surface area is 378 Å². The van der Waals surface area contributed by atoms with Crippen LogP contribution in [0.3, 0.4) is 0 Å². The summed E-state index contributed by atoms with van der Waals surface area (Å²) in [4.78, 5) is 66.9. The SMILES string of the molecule is Cc1cc(-c2ncnc3[nH]c(-c4ccc(N5CCN(CC6CCN(c7ccc(N8CCC(=O)NC8=O)cc7)CC6)CC5)nc4)cc23)ccc1[C@@H](C)NC(=O)c1noc(C2(C(F)(F)F)CC2)n1. The Bertz CT molecular complexity index is 2770. The Morgan fingerprint density at radius 2 is 1.64 bits per heavy atom. The Hall–Kier alpha value is -6.89. The van der Waals surface area contributed by atoms with Gasteiger partial charge in [0, 0.05) is 98.6 Å². The highest BCUT2D eigenvalue weighted by Crippen LogP contribution is 2.58. The van der Waals surface area contributed by atoms with Crippen molar-refractivity contribution in [3.63, 3.8) is 0 Å². The molecule has 3 N–H and O–H groups in total. The number of hydrogen-bond acceptors (Lipinski definition) is 12. The van der Waals surface area contributed by atoms with Crippen molar-refractivity contribution in [3.05, 3.63) is 96.0 Å². The number of pyridine rings is 1. The Morgan fingerprint density at radius 1 is 0.894 bits per heavy atom. The molecule has 3 aliphatic heterocycles. The van der Waals surface area contributed by atoms with Crippen molar-refractivity contribution in [2.75, 3.05) is 67.1 Å². The highest BCUT2D eigenvalue weighted by Gasteiger charge is 2.68. The first-order valence-corrected chi connectivity index (χ1v) is 22.4. The van der Waals surface area contributed by atoms with Gasteiger partial charge in [-0.2, -0.15) is 18.2 Å². The van der Waals surface area contributed by atoms with Gasteiger partial charge in [-0.25, -0.2) is 19.7 Å². The molecule has 4 aromatic heterocycles. The number of halogens is 3. The number of anilines is 3. The van der Waals surface area contributed by atoms with Crippen LogP contribution in [-0.2, 0) is 10.2 Å². The van der Waals surface area contributed by atoms with Crippen molar-refractivity contribution in [2.24, 2.45) is 5.92 Å². The molecule has 4 aliphatic rings. The molecule has 0 spiro atoms. The van der Waals surface area contributed by atoms with Crippen LogP contribution in [0.4, 0.5) is 35.2 Å². The van der Waals surface area contributed by atoms with Crippen LogP contribution in [0.2, 0.25) is 0 Å². The van der Waals surface area contributed by atoms with Gasteiger partial charge in [0.05, 0.1) is 11.7 Å².